The molecule has 2 nitrogen and oxygen atoms in total. The second-order valence-corrected chi connectivity index (χ2v) is 5.03. The summed E-state index contributed by atoms with van der Waals surface area (Å²) in [5.74, 6) is -0.0282. The van der Waals surface area contributed by atoms with Crippen LogP contribution in [-0.4, -0.2) is 11.2 Å². The molecular weight excluding hydrogens is 298 g/mol. The zero-order valence-electron chi connectivity index (χ0n) is 9.10. The maximum atomic E-state index is 11.9. The Balaban J connectivity index is 2.09. The first kappa shape index (κ1) is 12.3. The van der Waals surface area contributed by atoms with E-state index in [-0.39, 0.29) is 11.9 Å². The number of carbonyl (C=O) groups excluding carboxylic acids is 1. The van der Waals surface area contributed by atoms with E-state index in [9.17, 15) is 4.79 Å². The quantitative estimate of drug-likeness (QED) is 0.859. The van der Waals surface area contributed by atoms with Gasteiger partial charge in [0, 0.05) is 10.7 Å². The van der Waals surface area contributed by atoms with E-state index >= 15 is 0 Å². The number of thiophene rings is 1. The van der Waals surface area contributed by atoms with Crippen molar-refractivity contribution in [2.45, 2.75) is 6.04 Å². The summed E-state index contributed by atoms with van der Waals surface area (Å²) in [6, 6.07) is 11.8. The molecule has 1 aromatic heterocycles. The highest BCUT2D eigenvalue weighted by atomic mass is 79.9. The summed E-state index contributed by atoms with van der Waals surface area (Å²) in [7, 11) is 0. The summed E-state index contributed by atoms with van der Waals surface area (Å²) < 4.78 is 0. The standard InChI is InChI=1S/C13H12BrNOS/c14-8-12(10-4-2-1-3-5-10)15-13(16)11-6-7-17-9-11/h1-7,9,12H,8H2,(H,15,16). The molecule has 1 aromatic carbocycles. The van der Waals surface area contributed by atoms with E-state index in [1.165, 1.54) is 11.3 Å². The van der Waals surface area contributed by atoms with Crippen molar-refractivity contribution < 1.29 is 4.79 Å². The van der Waals surface area contributed by atoms with E-state index < -0.39 is 0 Å². The molecule has 0 aliphatic carbocycles. The molecule has 0 saturated heterocycles. The van der Waals surface area contributed by atoms with Gasteiger partial charge in [-0.3, -0.25) is 4.79 Å². The molecule has 0 saturated carbocycles. The Morgan fingerprint density at radius 1 is 1.29 bits per heavy atom. The SMILES string of the molecule is O=C(NC(CBr)c1ccccc1)c1ccsc1. The summed E-state index contributed by atoms with van der Waals surface area (Å²) in [5, 5.41) is 7.46. The van der Waals surface area contributed by atoms with E-state index in [0.29, 0.717) is 5.33 Å². The van der Waals surface area contributed by atoms with Crippen LogP contribution in [0.3, 0.4) is 0 Å². The highest BCUT2D eigenvalue weighted by Crippen LogP contribution is 2.16. The average Bonchev–Trinajstić information content (AvgIpc) is 2.90. The summed E-state index contributed by atoms with van der Waals surface area (Å²) >= 11 is 4.96. The van der Waals surface area contributed by atoms with Crippen LogP contribution in [0.25, 0.3) is 0 Å². The Bertz CT molecular complexity index is 469. The lowest BCUT2D eigenvalue weighted by molar-refractivity contribution is 0.0941. The second-order valence-electron chi connectivity index (χ2n) is 3.60. The molecule has 2 rings (SSSR count). The largest absolute Gasteiger partial charge is 0.344 e. The first-order valence-corrected chi connectivity index (χ1v) is 7.31. The lowest BCUT2D eigenvalue weighted by Crippen LogP contribution is -2.29. The number of carbonyl (C=O) groups is 1. The van der Waals surface area contributed by atoms with Crippen LogP contribution >= 0.6 is 27.3 Å². The number of nitrogens with one attached hydrogen (secondary N) is 1. The fourth-order valence-electron chi connectivity index (χ4n) is 1.53. The Morgan fingerprint density at radius 2 is 2.06 bits per heavy atom. The number of alkyl halides is 1. The summed E-state index contributed by atoms with van der Waals surface area (Å²) in [6.07, 6.45) is 0. The van der Waals surface area contributed by atoms with Crippen molar-refractivity contribution in [1.82, 2.24) is 5.32 Å². The predicted molar refractivity (Wildman–Crippen MR) is 74.8 cm³/mol. The number of hydrogen-bond acceptors (Lipinski definition) is 2. The van der Waals surface area contributed by atoms with Crippen molar-refractivity contribution >= 4 is 33.2 Å². The number of rotatable bonds is 4. The summed E-state index contributed by atoms with van der Waals surface area (Å²) in [6.45, 7) is 0. The van der Waals surface area contributed by atoms with Gasteiger partial charge < -0.3 is 5.32 Å². The molecule has 17 heavy (non-hydrogen) atoms. The normalized spacial score (nSPS) is 12.1. The first-order valence-electron chi connectivity index (χ1n) is 5.25. The van der Waals surface area contributed by atoms with Gasteiger partial charge >= 0.3 is 0 Å². The fraction of sp³-hybridized carbons (Fsp3) is 0.154. The van der Waals surface area contributed by atoms with E-state index in [4.69, 9.17) is 0 Å². The van der Waals surface area contributed by atoms with Crippen molar-refractivity contribution in [3.8, 4) is 0 Å². The molecule has 0 aliphatic rings. The van der Waals surface area contributed by atoms with Crippen LogP contribution in [-0.2, 0) is 0 Å². The minimum Gasteiger partial charge on any atom is -0.344 e. The summed E-state index contributed by atoms with van der Waals surface area (Å²) in [4.78, 5) is 11.9. The van der Waals surface area contributed by atoms with Gasteiger partial charge in [-0.15, -0.1) is 0 Å². The van der Waals surface area contributed by atoms with Crippen molar-refractivity contribution in [3.05, 3.63) is 58.3 Å². The molecule has 0 fully saturated rings. The van der Waals surface area contributed by atoms with Crippen molar-refractivity contribution in [2.75, 3.05) is 5.33 Å². The molecule has 0 aliphatic heterocycles. The highest BCUT2D eigenvalue weighted by Gasteiger charge is 2.14. The van der Waals surface area contributed by atoms with Crippen LogP contribution < -0.4 is 5.32 Å². The van der Waals surface area contributed by atoms with Crippen LogP contribution in [0.4, 0.5) is 0 Å². The van der Waals surface area contributed by atoms with Gasteiger partial charge in [-0.1, -0.05) is 46.3 Å². The lowest BCUT2D eigenvalue weighted by atomic mass is 10.1. The third-order valence-corrected chi connectivity index (χ3v) is 3.78. The third kappa shape index (κ3) is 3.17. The van der Waals surface area contributed by atoms with E-state index in [0.717, 1.165) is 11.1 Å². The molecule has 1 amide bonds. The van der Waals surface area contributed by atoms with Crippen molar-refractivity contribution in [3.63, 3.8) is 0 Å². The van der Waals surface area contributed by atoms with Crippen LogP contribution in [0.2, 0.25) is 0 Å². The molecule has 88 valence electrons. The maximum Gasteiger partial charge on any atom is 0.252 e. The van der Waals surface area contributed by atoms with Crippen LogP contribution in [0.5, 0.6) is 0 Å². The number of amides is 1. The number of halogens is 1. The Kier molecular flexibility index (Phi) is 4.34. The minimum absolute atomic E-state index is 0.00333. The zero-order chi connectivity index (χ0) is 12.1. The smallest absolute Gasteiger partial charge is 0.252 e. The predicted octanol–water partition coefficient (Wildman–Crippen LogP) is 3.61. The van der Waals surface area contributed by atoms with Gasteiger partial charge in [-0.05, 0) is 17.0 Å². The average molecular weight is 310 g/mol. The topological polar surface area (TPSA) is 29.1 Å². The Morgan fingerprint density at radius 3 is 2.65 bits per heavy atom. The van der Waals surface area contributed by atoms with E-state index in [1.807, 2.05) is 47.2 Å². The van der Waals surface area contributed by atoms with Crippen LogP contribution in [0.15, 0.2) is 47.2 Å². The van der Waals surface area contributed by atoms with Crippen LogP contribution in [0, 0.1) is 0 Å². The molecule has 1 N–H and O–H groups in total. The van der Waals surface area contributed by atoms with Crippen molar-refractivity contribution in [1.29, 1.82) is 0 Å². The lowest BCUT2D eigenvalue weighted by Gasteiger charge is -2.16. The fourth-order valence-corrected chi connectivity index (χ4v) is 2.70. The minimum atomic E-state index is -0.0282. The molecule has 4 heteroatoms. The van der Waals surface area contributed by atoms with Gasteiger partial charge in [0.15, 0.2) is 0 Å². The van der Waals surface area contributed by atoms with Gasteiger partial charge in [0.1, 0.15) is 0 Å². The van der Waals surface area contributed by atoms with Crippen LogP contribution in [0.1, 0.15) is 22.0 Å². The number of benzene rings is 1. The molecule has 1 heterocycles. The Hall–Kier alpha value is -1.13. The van der Waals surface area contributed by atoms with Gasteiger partial charge in [0.25, 0.3) is 5.91 Å². The maximum absolute atomic E-state index is 11.9. The summed E-state index contributed by atoms with van der Waals surface area (Å²) in [5.41, 5.74) is 1.82. The monoisotopic (exact) mass is 309 g/mol. The molecule has 0 bridgehead atoms. The molecular formula is C13H12BrNOS. The zero-order valence-corrected chi connectivity index (χ0v) is 11.5. The number of hydrogen-bond donors (Lipinski definition) is 1. The van der Waals surface area contributed by atoms with Gasteiger partial charge in [-0.2, -0.15) is 11.3 Å². The second kappa shape index (κ2) is 5.98. The molecule has 1 atom stereocenters. The van der Waals surface area contributed by atoms with Crippen molar-refractivity contribution in [2.24, 2.45) is 0 Å². The Labute approximate surface area is 113 Å². The van der Waals surface area contributed by atoms with E-state index in [1.54, 1.807) is 0 Å². The molecule has 2 aromatic rings. The third-order valence-electron chi connectivity index (χ3n) is 2.44. The van der Waals surface area contributed by atoms with Gasteiger partial charge in [0.05, 0.1) is 11.6 Å². The van der Waals surface area contributed by atoms with Gasteiger partial charge in [0.2, 0.25) is 0 Å². The van der Waals surface area contributed by atoms with Gasteiger partial charge in [-0.25, -0.2) is 0 Å². The molecule has 1 unspecified atom stereocenters. The highest BCUT2D eigenvalue weighted by molar-refractivity contribution is 9.09. The van der Waals surface area contributed by atoms with E-state index in [2.05, 4.69) is 21.2 Å². The first-order chi connectivity index (χ1) is 8.31. The molecule has 0 spiro atoms. The molecule has 0 radical (unpaired) electrons.